The van der Waals surface area contributed by atoms with Crippen molar-refractivity contribution in [2.24, 2.45) is 11.0 Å². The van der Waals surface area contributed by atoms with E-state index in [0.29, 0.717) is 5.92 Å². The maximum atomic E-state index is 11.4. The quantitative estimate of drug-likeness (QED) is 0.566. The summed E-state index contributed by atoms with van der Waals surface area (Å²) in [6, 6.07) is 0.205. The van der Waals surface area contributed by atoms with Gasteiger partial charge in [0.1, 0.15) is 0 Å². The van der Waals surface area contributed by atoms with Crippen LogP contribution in [0.2, 0.25) is 0 Å². The molecule has 1 atom stereocenters. The summed E-state index contributed by atoms with van der Waals surface area (Å²) in [7, 11) is 0. The highest BCUT2D eigenvalue weighted by molar-refractivity contribution is 6.35. The van der Waals surface area contributed by atoms with Crippen molar-refractivity contribution in [3.05, 3.63) is 0 Å². The molecule has 0 aromatic rings. The molecule has 0 radical (unpaired) electrons. The van der Waals surface area contributed by atoms with Crippen molar-refractivity contribution in [2.75, 3.05) is 0 Å². The maximum absolute atomic E-state index is 11.4. The number of hydrogen-bond acceptors (Lipinski definition) is 3. The van der Waals surface area contributed by atoms with Crippen LogP contribution >= 0.6 is 0 Å². The van der Waals surface area contributed by atoms with E-state index in [0.717, 1.165) is 44.2 Å². The molecule has 0 aromatic heterocycles. The van der Waals surface area contributed by atoms with E-state index >= 15 is 0 Å². The van der Waals surface area contributed by atoms with E-state index in [2.05, 4.69) is 22.8 Å². The molecule has 0 heterocycles. The van der Waals surface area contributed by atoms with Crippen LogP contribution in [0.4, 0.5) is 0 Å². The van der Waals surface area contributed by atoms with Crippen molar-refractivity contribution in [1.29, 1.82) is 0 Å². The van der Waals surface area contributed by atoms with Gasteiger partial charge in [-0.15, -0.1) is 0 Å². The van der Waals surface area contributed by atoms with Crippen LogP contribution < -0.4 is 10.7 Å². The van der Waals surface area contributed by atoms with Crippen LogP contribution in [0.3, 0.4) is 0 Å². The van der Waals surface area contributed by atoms with Crippen molar-refractivity contribution in [1.82, 2.24) is 10.7 Å². The number of hydrogen-bond donors (Lipinski definition) is 2. The molecule has 5 nitrogen and oxygen atoms in total. The van der Waals surface area contributed by atoms with Gasteiger partial charge in [-0.3, -0.25) is 9.59 Å². The molecule has 94 valence electrons. The maximum Gasteiger partial charge on any atom is 0.329 e. The van der Waals surface area contributed by atoms with Gasteiger partial charge < -0.3 is 5.32 Å². The largest absolute Gasteiger partial charge is 0.345 e. The van der Waals surface area contributed by atoms with Crippen molar-refractivity contribution >= 4 is 17.5 Å². The Morgan fingerprint density at radius 3 is 2.65 bits per heavy atom. The van der Waals surface area contributed by atoms with E-state index in [9.17, 15) is 9.59 Å². The molecule has 0 aromatic carbocycles. The van der Waals surface area contributed by atoms with E-state index < -0.39 is 11.8 Å². The lowest BCUT2D eigenvalue weighted by atomic mass is 10.1. The molecule has 5 heteroatoms. The monoisotopic (exact) mass is 237 g/mol. The highest BCUT2D eigenvalue weighted by Gasteiger charge is 2.26. The van der Waals surface area contributed by atoms with Crippen LogP contribution in [0.15, 0.2) is 5.10 Å². The number of nitrogens with one attached hydrogen (secondary N) is 2. The van der Waals surface area contributed by atoms with Crippen molar-refractivity contribution in [2.45, 2.75) is 51.5 Å². The first-order valence-electron chi connectivity index (χ1n) is 6.35. The second-order valence-electron chi connectivity index (χ2n) is 4.88. The minimum atomic E-state index is -0.649. The Morgan fingerprint density at radius 2 is 2.06 bits per heavy atom. The number of carbonyl (C=O) groups is 2. The lowest BCUT2D eigenvalue weighted by Crippen LogP contribution is -2.39. The second-order valence-corrected chi connectivity index (χ2v) is 4.88. The van der Waals surface area contributed by atoms with Gasteiger partial charge in [0.15, 0.2) is 0 Å². The van der Waals surface area contributed by atoms with E-state index in [-0.39, 0.29) is 6.04 Å². The third kappa shape index (κ3) is 3.54. The molecule has 2 amide bonds. The zero-order chi connectivity index (χ0) is 12.3. The van der Waals surface area contributed by atoms with Gasteiger partial charge in [0.25, 0.3) is 0 Å². The number of rotatable bonds is 3. The van der Waals surface area contributed by atoms with E-state index in [1.165, 1.54) is 0 Å². The molecule has 2 aliphatic rings. The zero-order valence-electron chi connectivity index (χ0n) is 10.2. The molecule has 2 rings (SSSR count). The molecule has 2 saturated carbocycles. The van der Waals surface area contributed by atoms with Crippen LogP contribution in [0.5, 0.6) is 0 Å². The Labute approximate surface area is 101 Å². The fourth-order valence-electron chi connectivity index (χ4n) is 2.02. The molecule has 2 fully saturated rings. The van der Waals surface area contributed by atoms with Crippen LogP contribution in [-0.2, 0) is 9.59 Å². The average Bonchev–Trinajstić information content (AvgIpc) is 3.02. The number of carbonyl (C=O) groups excluding carboxylic acids is 2. The first-order valence-corrected chi connectivity index (χ1v) is 6.35. The average molecular weight is 237 g/mol. The predicted octanol–water partition coefficient (Wildman–Crippen LogP) is 0.947. The van der Waals surface area contributed by atoms with Gasteiger partial charge in [0, 0.05) is 11.8 Å². The van der Waals surface area contributed by atoms with Crippen LogP contribution in [0.1, 0.15) is 45.4 Å². The Kier molecular flexibility index (Phi) is 3.76. The molecular formula is C12H19N3O2. The van der Waals surface area contributed by atoms with Gasteiger partial charge in [-0.1, -0.05) is 13.3 Å². The minimum absolute atomic E-state index is 0.205. The van der Waals surface area contributed by atoms with Crippen LogP contribution in [0.25, 0.3) is 0 Å². The highest BCUT2D eigenvalue weighted by Crippen LogP contribution is 2.25. The molecule has 0 bridgehead atoms. The van der Waals surface area contributed by atoms with Gasteiger partial charge >= 0.3 is 11.8 Å². The zero-order valence-corrected chi connectivity index (χ0v) is 10.2. The van der Waals surface area contributed by atoms with Crippen molar-refractivity contribution in [3.8, 4) is 0 Å². The van der Waals surface area contributed by atoms with Gasteiger partial charge in [0.05, 0.1) is 0 Å². The summed E-state index contributed by atoms with van der Waals surface area (Å²) >= 11 is 0. The Hall–Kier alpha value is -1.39. The van der Waals surface area contributed by atoms with Crippen molar-refractivity contribution < 1.29 is 9.59 Å². The first-order chi connectivity index (χ1) is 8.19. The summed E-state index contributed by atoms with van der Waals surface area (Å²) in [4.78, 5) is 22.7. The molecular weight excluding hydrogens is 218 g/mol. The molecule has 0 aliphatic heterocycles. The summed E-state index contributed by atoms with van der Waals surface area (Å²) in [6.07, 6.45) is 6.12. The Balaban J connectivity index is 1.74. The normalized spacial score (nSPS) is 25.9. The van der Waals surface area contributed by atoms with Gasteiger partial charge in [-0.2, -0.15) is 5.10 Å². The Morgan fingerprint density at radius 1 is 1.29 bits per heavy atom. The van der Waals surface area contributed by atoms with E-state index in [4.69, 9.17) is 0 Å². The third-order valence-corrected chi connectivity index (χ3v) is 3.38. The minimum Gasteiger partial charge on any atom is -0.345 e. The fraction of sp³-hybridized carbons (Fsp3) is 0.750. The summed E-state index contributed by atoms with van der Waals surface area (Å²) in [5.74, 6) is -0.530. The summed E-state index contributed by atoms with van der Waals surface area (Å²) < 4.78 is 0. The smallest absolute Gasteiger partial charge is 0.329 e. The number of hydrazone groups is 1. The molecule has 2 aliphatic carbocycles. The van der Waals surface area contributed by atoms with Crippen LogP contribution in [-0.4, -0.2) is 23.6 Å². The van der Waals surface area contributed by atoms with E-state index in [1.807, 2.05) is 0 Å². The lowest BCUT2D eigenvalue weighted by Gasteiger charge is -2.03. The lowest BCUT2D eigenvalue weighted by molar-refractivity contribution is -0.139. The standard InChI is InChI=1S/C12H19N3O2/c1-2-8-3-4-10(7-8)14-15-12(17)11(16)13-9-5-6-9/h8-9H,2-7H2,1H3,(H,13,16)(H,15,17)/t8-/m0/s1. The number of nitrogens with zero attached hydrogens (tertiary/aromatic N) is 1. The van der Waals surface area contributed by atoms with Crippen LogP contribution in [0, 0.1) is 5.92 Å². The number of amides is 2. The van der Waals surface area contributed by atoms with Crippen molar-refractivity contribution in [3.63, 3.8) is 0 Å². The third-order valence-electron chi connectivity index (χ3n) is 3.38. The molecule has 17 heavy (non-hydrogen) atoms. The topological polar surface area (TPSA) is 70.6 Å². The second kappa shape index (κ2) is 5.29. The summed E-state index contributed by atoms with van der Waals surface area (Å²) in [6.45, 7) is 2.16. The first kappa shape index (κ1) is 12.1. The highest BCUT2D eigenvalue weighted by atomic mass is 16.2. The summed E-state index contributed by atoms with van der Waals surface area (Å²) in [5.41, 5.74) is 3.34. The summed E-state index contributed by atoms with van der Waals surface area (Å²) in [5, 5.41) is 6.66. The fourth-order valence-corrected chi connectivity index (χ4v) is 2.02. The van der Waals surface area contributed by atoms with Gasteiger partial charge in [0.2, 0.25) is 0 Å². The molecule has 2 N–H and O–H groups in total. The van der Waals surface area contributed by atoms with Gasteiger partial charge in [-0.05, 0) is 38.0 Å². The molecule has 0 saturated heterocycles. The predicted molar refractivity (Wildman–Crippen MR) is 64.4 cm³/mol. The molecule has 0 spiro atoms. The SMILES string of the molecule is CC[C@H]1CCC(=NNC(=O)C(=O)NC2CC2)C1. The molecule has 0 unspecified atom stereocenters. The van der Waals surface area contributed by atoms with Gasteiger partial charge in [-0.25, -0.2) is 5.43 Å². The van der Waals surface area contributed by atoms with E-state index in [1.54, 1.807) is 0 Å². The Bertz CT molecular complexity index is 348.